The van der Waals surface area contributed by atoms with Gasteiger partial charge in [0.15, 0.2) is 0 Å². The van der Waals surface area contributed by atoms with Crippen molar-refractivity contribution in [1.29, 1.82) is 0 Å². The molecule has 0 atom stereocenters. The van der Waals surface area contributed by atoms with E-state index in [-0.39, 0.29) is 6.61 Å². The van der Waals surface area contributed by atoms with Gasteiger partial charge in [0.25, 0.3) is 0 Å². The molecule has 0 aliphatic heterocycles. The van der Waals surface area contributed by atoms with Crippen LogP contribution in [0.15, 0.2) is 41.8 Å². The van der Waals surface area contributed by atoms with E-state index in [9.17, 15) is 0 Å². The maximum atomic E-state index is 8.72. The van der Waals surface area contributed by atoms with E-state index in [0.717, 1.165) is 18.7 Å². The highest BCUT2D eigenvalue weighted by Crippen LogP contribution is 2.20. The zero-order valence-electron chi connectivity index (χ0n) is 11.7. The van der Waals surface area contributed by atoms with Gasteiger partial charge in [-0.25, -0.2) is 0 Å². The van der Waals surface area contributed by atoms with E-state index in [2.05, 4.69) is 59.4 Å². The van der Waals surface area contributed by atoms with Crippen LogP contribution in [-0.2, 0) is 6.54 Å². The highest BCUT2D eigenvalue weighted by molar-refractivity contribution is 7.10. The zero-order chi connectivity index (χ0) is 14.2. The Bertz CT molecular complexity index is 580. The van der Waals surface area contributed by atoms with Gasteiger partial charge in [0.2, 0.25) is 0 Å². The fourth-order valence-electron chi connectivity index (χ4n) is 1.96. The lowest BCUT2D eigenvalue weighted by atomic mass is 10.2. The number of aliphatic hydroxyl groups excluding tert-OH is 1. The predicted molar refractivity (Wildman–Crippen MR) is 86.1 cm³/mol. The maximum Gasteiger partial charge on any atom is 0.0540 e. The van der Waals surface area contributed by atoms with Gasteiger partial charge in [-0.2, -0.15) is 0 Å². The third kappa shape index (κ3) is 4.12. The van der Waals surface area contributed by atoms with Crippen LogP contribution in [0, 0.1) is 11.8 Å². The number of anilines is 1. The molecule has 0 saturated heterocycles. The molecule has 2 aromatic rings. The van der Waals surface area contributed by atoms with Gasteiger partial charge < -0.3 is 10.0 Å². The molecule has 2 rings (SSSR count). The highest BCUT2D eigenvalue weighted by atomic mass is 32.1. The van der Waals surface area contributed by atoms with Crippen LogP contribution in [0.5, 0.6) is 0 Å². The highest BCUT2D eigenvalue weighted by Gasteiger charge is 2.06. The topological polar surface area (TPSA) is 23.5 Å². The minimum Gasteiger partial charge on any atom is -0.395 e. The normalized spacial score (nSPS) is 9.90. The Morgan fingerprint density at radius 1 is 1.25 bits per heavy atom. The van der Waals surface area contributed by atoms with Crippen molar-refractivity contribution >= 4 is 17.0 Å². The Morgan fingerprint density at radius 2 is 2.05 bits per heavy atom. The van der Waals surface area contributed by atoms with Gasteiger partial charge in [-0.15, -0.1) is 11.3 Å². The van der Waals surface area contributed by atoms with Crippen molar-refractivity contribution in [2.75, 3.05) is 18.1 Å². The number of rotatable bonds is 5. The third-order valence-corrected chi connectivity index (χ3v) is 3.89. The molecule has 1 N–H and O–H groups in total. The van der Waals surface area contributed by atoms with E-state index >= 15 is 0 Å². The van der Waals surface area contributed by atoms with Gasteiger partial charge in [-0.1, -0.05) is 30.0 Å². The Hall–Kier alpha value is -1.76. The van der Waals surface area contributed by atoms with Crippen LogP contribution in [0.1, 0.15) is 23.8 Å². The average Bonchev–Trinajstić information content (AvgIpc) is 2.93. The number of thiophene rings is 1. The van der Waals surface area contributed by atoms with E-state index in [1.807, 2.05) is 6.07 Å². The summed E-state index contributed by atoms with van der Waals surface area (Å²) in [5.41, 5.74) is 2.29. The summed E-state index contributed by atoms with van der Waals surface area (Å²) in [6.07, 6.45) is 0.538. The van der Waals surface area contributed by atoms with E-state index < -0.39 is 0 Å². The van der Waals surface area contributed by atoms with Gasteiger partial charge >= 0.3 is 0 Å². The van der Waals surface area contributed by atoms with E-state index in [0.29, 0.717) is 6.42 Å². The van der Waals surface area contributed by atoms with Crippen LogP contribution in [-0.4, -0.2) is 18.3 Å². The second-order valence-electron chi connectivity index (χ2n) is 4.43. The van der Waals surface area contributed by atoms with Crippen LogP contribution >= 0.6 is 11.3 Å². The largest absolute Gasteiger partial charge is 0.395 e. The lowest BCUT2D eigenvalue weighted by Crippen LogP contribution is -2.21. The van der Waals surface area contributed by atoms with Gasteiger partial charge in [-0.3, -0.25) is 0 Å². The zero-order valence-corrected chi connectivity index (χ0v) is 12.5. The van der Waals surface area contributed by atoms with Crippen LogP contribution in [0.2, 0.25) is 0 Å². The molecule has 0 spiro atoms. The first-order valence-electron chi connectivity index (χ1n) is 6.80. The molecule has 104 valence electrons. The minimum absolute atomic E-state index is 0.127. The molecule has 0 amide bonds. The molecule has 0 aliphatic carbocycles. The second-order valence-corrected chi connectivity index (χ2v) is 5.42. The Kier molecular flexibility index (Phi) is 5.67. The van der Waals surface area contributed by atoms with Crippen molar-refractivity contribution in [3.05, 3.63) is 52.2 Å². The molecule has 20 heavy (non-hydrogen) atoms. The van der Waals surface area contributed by atoms with E-state index in [1.54, 1.807) is 11.3 Å². The summed E-state index contributed by atoms with van der Waals surface area (Å²) in [4.78, 5) is 3.65. The molecule has 0 bridgehead atoms. The van der Waals surface area contributed by atoms with Gasteiger partial charge in [0, 0.05) is 34.5 Å². The van der Waals surface area contributed by atoms with Crippen molar-refractivity contribution in [2.45, 2.75) is 19.9 Å². The molecule has 1 aromatic carbocycles. The Labute approximate surface area is 124 Å². The number of hydrogen-bond acceptors (Lipinski definition) is 3. The van der Waals surface area contributed by atoms with Crippen LogP contribution in [0.4, 0.5) is 5.69 Å². The maximum absolute atomic E-state index is 8.72. The number of benzene rings is 1. The summed E-state index contributed by atoms with van der Waals surface area (Å²) < 4.78 is 0. The van der Waals surface area contributed by atoms with Crippen LogP contribution in [0.25, 0.3) is 0 Å². The second kappa shape index (κ2) is 7.74. The van der Waals surface area contributed by atoms with E-state index in [4.69, 9.17) is 5.11 Å². The smallest absolute Gasteiger partial charge is 0.0540 e. The molecule has 3 heteroatoms. The number of nitrogens with zero attached hydrogens (tertiary/aromatic N) is 1. The monoisotopic (exact) mass is 285 g/mol. The third-order valence-electron chi connectivity index (χ3n) is 2.97. The molecule has 1 aromatic heterocycles. The number of aliphatic hydroxyl groups is 1. The number of hydrogen-bond donors (Lipinski definition) is 1. The summed E-state index contributed by atoms with van der Waals surface area (Å²) in [7, 11) is 0. The fourth-order valence-corrected chi connectivity index (χ4v) is 2.79. The minimum atomic E-state index is 0.127. The summed E-state index contributed by atoms with van der Waals surface area (Å²) in [5.74, 6) is 6.04. The van der Waals surface area contributed by atoms with Gasteiger partial charge in [-0.05, 0) is 25.1 Å². The van der Waals surface area contributed by atoms with Crippen LogP contribution < -0.4 is 4.90 Å². The van der Waals surface area contributed by atoms with Crippen LogP contribution in [0.3, 0.4) is 0 Å². The molecular weight excluding hydrogens is 266 g/mol. The average molecular weight is 285 g/mol. The lowest BCUT2D eigenvalue weighted by Gasteiger charge is -2.22. The first kappa shape index (κ1) is 14.6. The first-order valence-corrected chi connectivity index (χ1v) is 7.68. The molecule has 0 saturated carbocycles. The van der Waals surface area contributed by atoms with Crippen molar-refractivity contribution < 1.29 is 5.11 Å². The molecule has 0 fully saturated rings. The summed E-state index contributed by atoms with van der Waals surface area (Å²) in [6, 6.07) is 12.6. The predicted octanol–water partition coefficient (Wildman–Crippen LogP) is 3.51. The lowest BCUT2D eigenvalue weighted by molar-refractivity contribution is 0.305. The molecule has 0 aliphatic rings. The van der Waals surface area contributed by atoms with Crippen molar-refractivity contribution in [2.24, 2.45) is 0 Å². The summed E-state index contributed by atoms with van der Waals surface area (Å²) >= 11 is 1.74. The molecule has 0 radical (unpaired) electrons. The molecule has 1 heterocycles. The summed E-state index contributed by atoms with van der Waals surface area (Å²) in [6.45, 7) is 4.19. The molecule has 2 nitrogen and oxygen atoms in total. The standard InChI is InChI=1S/C17H19NOS/c1-2-18(16-9-4-3-5-10-16)13-17-12-15(14-20-17)8-6-7-11-19/h3-5,9-10,12,14,19H,2,7,11,13H2,1H3. The first-order chi connectivity index (χ1) is 9.83. The SMILES string of the molecule is CCN(Cc1cc(C#CCCO)cs1)c1ccccc1. The Balaban J connectivity index is 2.04. The molecular formula is C17H19NOS. The van der Waals surface area contributed by atoms with Gasteiger partial charge in [0.05, 0.1) is 13.2 Å². The van der Waals surface area contributed by atoms with Crippen molar-refractivity contribution in [1.82, 2.24) is 0 Å². The quantitative estimate of drug-likeness (QED) is 0.850. The Morgan fingerprint density at radius 3 is 2.75 bits per heavy atom. The fraction of sp³-hybridized carbons (Fsp3) is 0.294. The summed E-state index contributed by atoms with van der Waals surface area (Å²) in [5, 5.41) is 10.8. The van der Waals surface area contributed by atoms with Gasteiger partial charge in [0.1, 0.15) is 0 Å². The number of para-hydroxylation sites is 1. The van der Waals surface area contributed by atoms with Crippen molar-refractivity contribution in [3.8, 4) is 11.8 Å². The van der Waals surface area contributed by atoms with Crippen molar-refractivity contribution in [3.63, 3.8) is 0 Å². The molecule has 0 unspecified atom stereocenters. The van der Waals surface area contributed by atoms with E-state index in [1.165, 1.54) is 10.6 Å².